The molecule has 1 aliphatic heterocycles. The number of benzene rings is 1. The van der Waals surface area contributed by atoms with Crippen LogP contribution < -0.4 is 10.6 Å². The number of urea groups is 1. The molecule has 0 bridgehead atoms. The maximum absolute atomic E-state index is 12.7. The number of aromatic amines is 1. The largest absolute Gasteiger partial charge is 0.361 e. The quantitative estimate of drug-likeness (QED) is 0.718. The first kappa shape index (κ1) is 19.9. The normalized spacial score (nSPS) is 16.0. The molecular formula is C20H27N5O3. The Morgan fingerprint density at radius 1 is 1.14 bits per heavy atom. The van der Waals surface area contributed by atoms with Crippen LogP contribution in [0.25, 0.3) is 10.9 Å². The zero-order chi connectivity index (χ0) is 20.1. The molecule has 8 nitrogen and oxygen atoms in total. The minimum absolute atomic E-state index is 0.0869. The van der Waals surface area contributed by atoms with E-state index < -0.39 is 12.1 Å². The number of H-pyrrole nitrogens is 1. The number of imide groups is 1. The number of nitrogens with zero attached hydrogens (tertiary/aromatic N) is 2. The van der Waals surface area contributed by atoms with E-state index in [1.807, 2.05) is 40.3 Å². The number of aromatic nitrogens is 1. The number of carbonyl (C=O) groups is 3. The lowest BCUT2D eigenvalue weighted by Crippen LogP contribution is -2.56. The Kier molecular flexibility index (Phi) is 6.30. The molecule has 28 heavy (non-hydrogen) atoms. The van der Waals surface area contributed by atoms with E-state index in [1.54, 1.807) is 13.8 Å². The van der Waals surface area contributed by atoms with Crippen molar-refractivity contribution in [3.63, 3.8) is 0 Å². The molecule has 2 heterocycles. The van der Waals surface area contributed by atoms with Gasteiger partial charge >= 0.3 is 6.03 Å². The summed E-state index contributed by atoms with van der Waals surface area (Å²) in [7, 11) is 0. The van der Waals surface area contributed by atoms with Crippen LogP contribution in [0.3, 0.4) is 0 Å². The van der Waals surface area contributed by atoms with Crippen LogP contribution in [0.2, 0.25) is 0 Å². The van der Waals surface area contributed by atoms with E-state index >= 15 is 0 Å². The molecule has 8 heteroatoms. The van der Waals surface area contributed by atoms with Gasteiger partial charge in [0.2, 0.25) is 11.8 Å². The highest BCUT2D eigenvalue weighted by atomic mass is 16.2. The molecule has 2 aromatic rings. The van der Waals surface area contributed by atoms with E-state index in [0.717, 1.165) is 16.5 Å². The first-order chi connectivity index (χ1) is 13.5. The fraction of sp³-hybridized carbons (Fsp3) is 0.450. The van der Waals surface area contributed by atoms with E-state index in [9.17, 15) is 14.4 Å². The van der Waals surface area contributed by atoms with Crippen molar-refractivity contribution < 1.29 is 14.4 Å². The number of nitrogens with one attached hydrogen (secondary N) is 3. The van der Waals surface area contributed by atoms with Crippen LogP contribution in [-0.4, -0.2) is 71.4 Å². The molecule has 1 atom stereocenters. The van der Waals surface area contributed by atoms with Gasteiger partial charge in [0.25, 0.3) is 0 Å². The smallest absolute Gasteiger partial charge is 0.321 e. The molecule has 0 spiro atoms. The monoisotopic (exact) mass is 385 g/mol. The molecular weight excluding hydrogens is 358 g/mol. The summed E-state index contributed by atoms with van der Waals surface area (Å²) in [5, 5.41) is 5.96. The highest BCUT2D eigenvalue weighted by molar-refractivity contribution is 5.96. The van der Waals surface area contributed by atoms with Crippen LogP contribution in [0, 0.1) is 0 Å². The number of hydrogen-bond acceptors (Lipinski definition) is 4. The number of fused-ring (bicyclic) bond motifs is 1. The summed E-state index contributed by atoms with van der Waals surface area (Å²) in [6.07, 6.45) is 2.25. The Morgan fingerprint density at radius 3 is 2.57 bits per heavy atom. The standard InChI is InChI=1S/C20H27N5O3/c1-3-21-20(28)23-19(27)14(2)24-8-10-25(11-9-24)18(26)12-15-13-22-17-7-5-4-6-16(15)17/h4-7,13-14,22H,3,8-12H2,1-2H3,(H2,21,23,27,28)/t14-/m0/s1. The van der Waals surface area contributed by atoms with Gasteiger partial charge in [0.15, 0.2) is 0 Å². The number of para-hydroxylation sites is 1. The van der Waals surface area contributed by atoms with Crippen LogP contribution >= 0.6 is 0 Å². The first-order valence-electron chi connectivity index (χ1n) is 9.65. The second-order valence-corrected chi connectivity index (χ2v) is 6.98. The van der Waals surface area contributed by atoms with Crippen LogP contribution in [0.15, 0.2) is 30.5 Å². The molecule has 1 fully saturated rings. The maximum atomic E-state index is 12.7. The van der Waals surface area contributed by atoms with Crippen molar-refractivity contribution in [1.82, 2.24) is 25.4 Å². The van der Waals surface area contributed by atoms with Gasteiger partial charge < -0.3 is 15.2 Å². The molecule has 1 aromatic heterocycles. The summed E-state index contributed by atoms with van der Waals surface area (Å²) in [6.45, 7) is 6.37. The van der Waals surface area contributed by atoms with Crippen molar-refractivity contribution in [3.8, 4) is 0 Å². The lowest BCUT2D eigenvalue weighted by Gasteiger charge is -2.37. The van der Waals surface area contributed by atoms with Gasteiger partial charge in [-0.15, -0.1) is 0 Å². The Hall–Kier alpha value is -2.87. The predicted octanol–water partition coefficient (Wildman–Crippen LogP) is 1.09. The number of carbonyl (C=O) groups excluding carboxylic acids is 3. The van der Waals surface area contributed by atoms with Crippen molar-refractivity contribution in [1.29, 1.82) is 0 Å². The average molecular weight is 385 g/mol. The molecule has 0 radical (unpaired) electrons. The average Bonchev–Trinajstić information content (AvgIpc) is 3.10. The highest BCUT2D eigenvalue weighted by Crippen LogP contribution is 2.19. The zero-order valence-electron chi connectivity index (χ0n) is 16.3. The minimum atomic E-state index is -0.480. The molecule has 4 amide bonds. The van der Waals surface area contributed by atoms with Crippen molar-refractivity contribution >= 4 is 28.7 Å². The third kappa shape index (κ3) is 4.51. The van der Waals surface area contributed by atoms with E-state index in [2.05, 4.69) is 15.6 Å². The summed E-state index contributed by atoms with van der Waals surface area (Å²) in [5.74, 6) is -0.242. The van der Waals surface area contributed by atoms with Crippen LogP contribution in [-0.2, 0) is 16.0 Å². The molecule has 150 valence electrons. The Balaban J connectivity index is 1.51. The number of amides is 4. The van der Waals surface area contributed by atoms with Crippen molar-refractivity contribution in [2.75, 3.05) is 32.7 Å². The molecule has 1 aromatic carbocycles. The maximum Gasteiger partial charge on any atom is 0.321 e. The topological polar surface area (TPSA) is 97.5 Å². The van der Waals surface area contributed by atoms with Gasteiger partial charge in [0, 0.05) is 49.8 Å². The lowest BCUT2D eigenvalue weighted by atomic mass is 10.1. The molecule has 0 saturated carbocycles. The fourth-order valence-electron chi connectivity index (χ4n) is 3.50. The number of piperazine rings is 1. The van der Waals surface area contributed by atoms with Gasteiger partial charge in [-0.1, -0.05) is 18.2 Å². The van der Waals surface area contributed by atoms with Gasteiger partial charge in [-0.05, 0) is 25.5 Å². The van der Waals surface area contributed by atoms with Gasteiger partial charge in [0.1, 0.15) is 0 Å². The predicted molar refractivity (Wildman–Crippen MR) is 107 cm³/mol. The second-order valence-electron chi connectivity index (χ2n) is 6.98. The zero-order valence-corrected chi connectivity index (χ0v) is 16.3. The summed E-state index contributed by atoms with van der Waals surface area (Å²) >= 11 is 0. The van der Waals surface area contributed by atoms with Crippen molar-refractivity contribution in [2.24, 2.45) is 0 Å². The molecule has 0 unspecified atom stereocenters. The third-order valence-corrected chi connectivity index (χ3v) is 5.18. The van der Waals surface area contributed by atoms with Gasteiger partial charge in [-0.3, -0.25) is 19.8 Å². The van der Waals surface area contributed by atoms with E-state index in [4.69, 9.17) is 0 Å². The molecule has 1 saturated heterocycles. The van der Waals surface area contributed by atoms with E-state index in [1.165, 1.54) is 0 Å². The van der Waals surface area contributed by atoms with Gasteiger partial charge in [-0.25, -0.2) is 4.79 Å². The van der Waals surface area contributed by atoms with Crippen LogP contribution in [0.4, 0.5) is 4.79 Å². The molecule has 0 aliphatic carbocycles. The highest BCUT2D eigenvalue weighted by Gasteiger charge is 2.28. The van der Waals surface area contributed by atoms with E-state index in [0.29, 0.717) is 39.1 Å². The summed E-state index contributed by atoms with van der Waals surface area (Å²) in [5.41, 5.74) is 2.03. The Morgan fingerprint density at radius 2 is 1.86 bits per heavy atom. The van der Waals surface area contributed by atoms with Crippen LogP contribution in [0.5, 0.6) is 0 Å². The van der Waals surface area contributed by atoms with Crippen LogP contribution in [0.1, 0.15) is 19.4 Å². The molecule has 3 rings (SSSR count). The molecule has 1 aliphatic rings. The number of rotatable bonds is 5. The van der Waals surface area contributed by atoms with Gasteiger partial charge in [-0.2, -0.15) is 0 Å². The van der Waals surface area contributed by atoms with Crippen molar-refractivity contribution in [2.45, 2.75) is 26.3 Å². The minimum Gasteiger partial charge on any atom is -0.361 e. The van der Waals surface area contributed by atoms with E-state index in [-0.39, 0.29) is 11.8 Å². The van der Waals surface area contributed by atoms with Gasteiger partial charge in [0.05, 0.1) is 12.5 Å². The summed E-state index contributed by atoms with van der Waals surface area (Å²) in [6, 6.07) is 7.04. The SMILES string of the molecule is CCNC(=O)NC(=O)[C@H](C)N1CCN(C(=O)Cc2c[nH]c3ccccc23)CC1. The molecule has 3 N–H and O–H groups in total. The lowest BCUT2D eigenvalue weighted by molar-refractivity contribution is -0.133. The third-order valence-electron chi connectivity index (χ3n) is 5.18. The Labute approximate surface area is 164 Å². The summed E-state index contributed by atoms with van der Waals surface area (Å²) in [4.78, 5) is 43.4. The summed E-state index contributed by atoms with van der Waals surface area (Å²) < 4.78 is 0. The number of hydrogen-bond donors (Lipinski definition) is 3. The first-order valence-corrected chi connectivity index (χ1v) is 9.65. The second kappa shape index (κ2) is 8.88. The van der Waals surface area contributed by atoms with Crippen molar-refractivity contribution in [3.05, 3.63) is 36.0 Å². The Bertz CT molecular complexity index is 854. The fourth-order valence-corrected chi connectivity index (χ4v) is 3.50.